The fourth-order valence-corrected chi connectivity index (χ4v) is 2.34. The average molecular weight is 290 g/mol. The number of carbonyl (C=O) groups is 1. The van der Waals surface area contributed by atoms with Gasteiger partial charge in [-0.25, -0.2) is 0 Å². The molecule has 116 valence electrons. The van der Waals surface area contributed by atoms with Crippen molar-refractivity contribution in [2.75, 3.05) is 20.2 Å². The van der Waals surface area contributed by atoms with E-state index in [0.29, 0.717) is 12.6 Å². The summed E-state index contributed by atoms with van der Waals surface area (Å²) in [6, 6.07) is 5.00. The highest BCUT2D eigenvalue weighted by atomic mass is 16.5. The van der Waals surface area contributed by atoms with Crippen molar-refractivity contribution in [1.82, 2.24) is 10.2 Å². The summed E-state index contributed by atoms with van der Waals surface area (Å²) >= 11 is 0. The Hall–Kier alpha value is -1.55. The monoisotopic (exact) mass is 290 g/mol. The Bertz CT molecular complexity index is 487. The molecule has 0 spiro atoms. The van der Waals surface area contributed by atoms with Gasteiger partial charge in [-0.1, -0.05) is 12.1 Å². The van der Waals surface area contributed by atoms with E-state index in [9.17, 15) is 4.79 Å². The van der Waals surface area contributed by atoms with Crippen LogP contribution in [-0.4, -0.2) is 37.0 Å². The van der Waals surface area contributed by atoms with E-state index in [1.165, 1.54) is 18.4 Å². The molecule has 0 radical (unpaired) electrons. The average Bonchev–Trinajstić information content (AvgIpc) is 3.27. The molecule has 4 nitrogen and oxygen atoms in total. The van der Waals surface area contributed by atoms with E-state index in [-0.39, 0.29) is 12.5 Å². The predicted molar refractivity (Wildman–Crippen MR) is 84.6 cm³/mol. The normalized spacial score (nSPS) is 14.1. The summed E-state index contributed by atoms with van der Waals surface area (Å²) in [5.74, 6) is 0.846. The van der Waals surface area contributed by atoms with Crippen molar-refractivity contribution >= 4 is 5.91 Å². The molecule has 0 atom stereocenters. The molecule has 1 aromatic rings. The van der Waals surface area contributed by atoms with E-state index in [1.807, 2.05) is 20.8 Å². The Morgan fingerprint density at radius 3 is 2.48 bits per heavy atom. The second-order valence-electron chi connectivity index (χ2n) is 5.91. The van der Waals surface area contributed by atoms with Crippen LogP contribution in [0.1, 0.15) is 36.5 Å². The first-order valence-electron chi connectivity index (χ1n) is 7.71. The third-order valence-electron chi connectivity index (χ3n) is 3.93. The van der Waals surface area contributed by atoms with Gasteiger partial charge in [0.1, 0.15) is 5.75 Å². The second-order valence-corrected chi connectivity index (χ2v) is 5.91. The van der Waals surface area contributed by atoms with Crippen LogP contribution in [0.2, 0.25) is 0 Å². The van der Waals surface area contributed by atoms with Gasteiger partial charge in [0.05, 0.1) is 0 Å². The van der Waals surface area contributed by atoms with E-state index >= 15 is 0 Å². The number of benzene rings is 1. The molecule has 2 rings (SSSR count). The van der Waals surface area contributed by atoms with Gasteiger partial charge >= 0.3 is 0 Å². The highest BCUT2D eigenvalue weighted by Gasteiger charge is 2.20. The number of nitrogens with one attached hydrogen (secondary N) is 1. The first kappa shape index (κ1) is 15.8. The molecule has 21 heavy (non-hydrogen) atoms. The van der Waals surface area contributed by atoms with Crippen molar-refractivity contribution in [3.05, 3.63) is 28.8 Å². The van der Waals surface area contributed by atoms with Gasteiger partial charge in [-0.2, -0.15) is 0 Å². The Morgan fingerprint density at radius 2 is 1.95 bits per heavy atom. The Balaban J connectivity index is 1.97. The SMILES string of the molecule is CCN(C)C(=O)COc1c(C)cc(CNC2CC2)cc1C. The van der Waals surface area contributed by atoms with E-state index in [0.717, 1.165) is 23.4 Å². The zero-order valence-electron chi connectivity index (χ0n) is 13.5. The summed E-state index contributed by atoms with van der Waals surface area (Å²) < 4.78 is 5.73. The quantitative estimate of drug-likeness (QED) is 0.838. The molecular weight excluding hydrogens is 264 g/mol. The molecule has 1 aliphatic rings. The lowest BCUT2D eigenvalue weighted by atomic mass is 10.1. The molecule has 1 amide bonds. The van der Waals surface area contributed by atoms with Crippen LogP contribution < -0.4 is 10.1 Å². The number of aryl methyl sites for hydroxylation is 2. The van der Waals surface area contributed by atoms with Gasteiger partial charge in [-0.05, 0) is 50.3 Å². The number of likely N-dealkylation sites (N-methyl/N-ethyl adjacent to an activating group) is 1. The maximum Gasteiger partial charge on any atom is 0.260 e. The number of rotatable bonds is 7. The molecule has 0 aliphatic heterocycles. The van der Waals surface area contributed by atoms with Crippen molar-refractivity contribution in [3.63, 3.8) is 0 Å². The number of hydrogen-bond acceptors (Lipinski definition) is 3. The Kier molecular flexibility index (Phi) is 5.23. The highest BCUT2D eigenvalue weighted by Crippen LogP contribution is 2.26. The van der Waals surface area contributed by atoms with Crippen LogP contribution in [0, 0.1) is 13.8 Å². The fourth-order valence-electron chi connectivity index (χ4n) is 2.34. The highest BCUT2D eigenvalue weighted by molar-refractivity contribution is 5.77. The summed E-state index contributed by atoms with van der Waals surface area (Å²) in [7, 11) is 1.79. The van der Waals surface area contributed by atoms with Crippen molar-refractivity contribution in [1.29, 1.82) is 0 Å². The van der Waals surface area contributed by atoms with Crippen LogP contribution in [0.4, 0.5) is 0 Å². The van der Waals surface area contributed by atoms with Crippen molar-refractivity contribution < 1.29 is 9.53 Å². The molecule has 0 heterocycles. The molecule has 1 aromatic carbocycles. The molecule has 0 saturated heterocycles. The standard InChI is InChI=1S/C17H26N2O2/c1-5-19(4)16(20)11-21-17-12(2)8-14(9-13(17)3)10-18-15-6-7-15/h8-9,15,18H,5-7,10-11H2,1-4H3. The largest absolute Gasteiger partial charge is 0.483 e. The number of ether oxygens (including phenoxy) is 1. The van der Waals surface area contributed by atoms with Gasteiger partial charge < -0.3 is 15.0 Å². The van der Waals surface area contributed by atoms with Crippen LogP contribution in [0.25, 0.3) is 0 Å². The molecule has 0 aromatic heterocycles. The van der Waals surface area contributed by atoms with E-state index in [1.54, 1.807) is 11.9 Å². The summed E-state index contributed by atoms with van der Waals surface area (Å²) in [5.41, 5.74) is 3.46. The lowest BCUT2D eigenvalue weighted by Crippen LogP contribution is -2.31. The van der Waals surface area contributed by atoms with E-state index in [4.69, 9.17) is 4.74 Å². The predicted octanol–water partition coefficient (Wildman–Crippen LogP) is 2.41. The summed E-state index contributed by atoms with van der Waals surface area (Å²) in [6.45, 7) is 7.74. The molecule has 1 aliphatic carbocycles. The van der Waals surface area contributed by atoms with Crippen LogP contribution in [0.3, 0.4) is 0 Å². The van der Waals surface area contributed by atoms with Crippen LogP contribution in [0.5, 0.6) is 5.75 Å². The van der Waals surface area contributed by atoms with Gasteiger partial charge in [-0.15, -0.1) is 0 Å². The van der Waals surface area contributed by atoms with Crippen molar-refractivity contribution in [2.45, 2.75) is 46.2 Å². The molecular formula is C17H26N2O2. The summed E-state index contributed by atoms with van der Waals surface area (Å²) in [5, 5.41) is 3.52. The van der Waals surface area contributed by atoms with Gasteiger partial charge in [0.15, 0.2) is 6.61 Å². The smallest absolute Gasteiger partial charge is 0.260 e. The molecule has 1 saturated carbocycles. The topological polar surface area (TPSA) is 41.6 Å². The minimum atomic E-state index is 0.00998. The van der Waals surface area contributed by atoms with Gasteiger partial charge in [0, 0.05) is 26.2 Å². The maximum absolute atomic E-state index is 11.8. The molecule has 1 fully saturated rings. The Morgan fingerprint density at radius 1 is 1.33 bits per heavy atom. The summed E-state index contributed by atoms with van der Waals surface area (Å²) in [4.78, 5) is 13.5. The summed E-state index contributed by atoms with van der Waals surface area (Å²) in [6.07, 6.45) is 2.60. The van der Waals surface area contributed by atoms with Gasteiger partial charge in [0.2, 0.25) is 0 Å². The maximum atomic E-state index is 11.8. The zero-order valence-corrected chi connectivity index (χ0v) is 13.5. The minimum absolute atomic E-state index is 0.00998. The molecule has 1 N–H and O–H groups in total. The molecule has 4 heteroatoms. The van der Waals surface area contributed by atoms with Crippen molar-refractivity contribution in [3.8, 4) is 5.75 Å². The zero-order chi connectivity index (χ0) is 15.4. The van der Waals surface area contributed by atoms with Gasteiger partial charge in [0.25, 0.3) is 5.91 Å². The fraction of sp³-hybridized carbons (Fsp3) is 0.588. The minimum Gasteiger partial charge on any atom is -0.483 e. The van der Waals surface area contributed by atoms with Crippen LogP contribution >= 0.6 is 0 Å². The number of amides is 1. The van der Waals surface area contributed by atoms with Crippen molar-refractivity contribution in [2.24, 2.45) is 0 Å². The Labute approximate surface area is 127 Å². The molecule has 0 unspecified atom stereocenters. The van der Waals surface area contributed by atoms with Crippen LogP contribution in [-0.2, 0) is 11.3 Å². The first-order valence-corrected chi connectivity index (χ1v) is 7.71. The van der Waals surface area contributed by atoms with E-state index < -0.39 is 0 Å². The van der Waals surface area contributed by atoms with E-state index in [2.05, 4.69) is 17.4 Å². The number of carbonyl (C=O) groups excluding carboxylic acids is 1. The first-order chi connectivity index (χ1) is 10.0. The third kappa shape index (κ3) is 4.46. The second kappa shape index (κ2) is 6.94. The molecule has 0 bridgehead atoms. The number of hydrogen-bond donors (Lipinski definition) is 1. The lowest BCUT2D eigenvalue weighted by molar-refractivity contribution is -0.131. The lowest BCUT2D eigenvalue weighted by Gasteiger charge is -2.17. The third-order valence-corrected chi connectivity index (χ3v) is 3.93. The van der Waals surface area contributed by atoms with Gasteiger partial charge in [-0.3, -0.25) is 4.79 Å². The number of nitrogens with zero attached hydrogens (tertiary/aromatic N) is 1. The van der Waals surface area contributed by atoms with Crippen LogP contribution in [0.15, 0.2) is 12.1 Å².